The summed E-state index contributed by atoms with van der Waals surface area (Å²) in [6, 6.07) is -0.325. The topological polar surface area (TPSA) is 103 Å². The molecule has 3 fully saturated rings. The van der Waals surface area contributed by atoms with E-state index in [9.17, 15) is 13.2 Å². The Labute approximate surface area is 123 Å². The van der Waals surface area contributed by atoms with Crippen molar-refractivity contribution in [2.24, 2.45) is 21.9 Å². The summed E-state index contributed by atoms with van der Waals surface area (Å²) in [5, 5.41) is 3.18. The smallest absolute Gasteiger partial charge is 0.268 e. The van der Waals surface area contributed by atoms with Crippen LogP contribution in [0.25, 0.3) is 10.4 Å². The number of carbonyl (C=O) groups excluding carboxylic acids is 1. The van der Waals surface area contributed by atoms with E-state index in [0.29, 0.717) is 12.3 Å². The molecule has 114 valence electrons. The van der Waals surface area contributed by atoms with E-state index in [-0.39, 0.29) is 28.3 Å². The Morgan fingerprint density at radius 1 is 1.48 bits per heavy atom. The van der Waals surface area contributed by atoms with Gasteiger partial charge < -0.3 is 0 Å². The van der Waals surface area contributed by atoms with Crippen LogP contribution >= 0.6 is 0 Å². The molecule has 0 aromatic heterocycles. The van der Waals surface area contributed by atoms with Gasteiger partial charge in [-0.05, 0) is 36.1 Å². The maximum Gasteiger partial charge on any atom is 0.269 e. The third-order valence-electron chi connectivity index (χ3n) is 6.02. The first-order valence-electron chi connectivity index (χ1n) is 6.98. The molecule has 7 nitrogen and oxygen atoms in total. The lowest BCUT2D eigenvalue weighted by molar-refractivity contribution is -0.125. The molecule has 1 heterocycles. The van der Waals surface area contributed by atoms with E-state index in [1.165, 1.54) is 0 Å². The average molecular weight is 310 g/mol. The summed E-state index contributed by atoms with van der Waals surface area (Å²) in [5.74, 6) is -0.345. The molecule has 1 amide bonds. The van der Waals surface area contributed by atoms with Crippen LogP contribution in [0.2, 0.25) is 0 Å². The maximum atomic E-state index is 12.5. The molecule has 3 rings (SSSR count). The summed E-state index contributed by atoms with van der Waals surface area (Å²) >= 11 is 0. The molecule has 1 saturated heterocycles. The molecule has 3 atom stereocenters. The monoisotopic (exact) mass is 310 g/mol. The highest BCUT2D eigenvalue weighted by molar-refractivity contribution is 7.90. The van der Waals surface area contributed by atoms with Crippen molar-refractivity contribution in [1.29, 1.82) is 0 Å². The number of fused-ring (bicyclic) bond motifs is 1. The third kappa shape index (κ3) is 1.57. The summed E-state index contributed by atoms with van der Waals surface area (Å²) < 4.78 is 26.0. The van der Waals surface area contributed by atoms with Crippen LogP contribution in [-0.4, -0.2) is 30.4 Å². The second-order valence-corrected chi connectivity index (χ2v) is 8.70. The Morgan fingerprint density at radius 2 is 2.14 bits per heavy atom. The number of nitrogens with zero attached hydrogens (tertiary/aromatic N) is 4. The molecule has 0 unspecified atom stereocenters. The van der Waals surface area contributed by atoms with Crippen molar-refractivity contribution in [2.45, 2.75) is 39.2 Å². The Morgan fingerprint density at radius 3 is 2.71 bits per heavy atom. The molecule has 2 bridgehead atoms. The Kier molecular flexibility index (Phi) is 2.75. The fourth-order valence-corrected chi connectivity index (χ4v) is 7.31. The van der Waals surface area contributed by atoms with Gasteiger partial charge in [-0.25, -0.2) is 12.7 Å². The predicted octanol–water partition coefficient (Wildman–Crippen LogP) is 2.18. The third-order valence-corrected chi connectivity index (χ3v) is 7.92. The van der Waals surface area contributed by atoms with Crippen molar-refractivity contribution in [2.75, 3.05) is 5.75 Å². The molecule has 1 spiro atoms. The van der Waals surface area contributed by atoms with Gasteiger partial charge in [0, 0.05) is 10.3 Å². The Bertz CT molecular complexity index is 692. The van der Waals surface area contributed by atoms with E-state index in [4.69, 9.17) is 5.53 Å². The van der Waals surface area contributed by atoms with Crippen molar-refractivity contribution in [3.05, 3.63) is 22.7 Å². The average Bonchev–Trinajstić information content (AvgIpc) is 2.85. The summed E-state index contributed by atoms with van der Waals surface area (Å²) in [5.41, 5.74) is 7.58. The van der Waals surface area contributed by atoms with Crippen molar-refractivity contribution in [1.82, 2.24) is 4.31 Å². The van der Waals surface area contributed by atoms with Gasteiger partial charge in [-0.15, -0.1) is 0 Å². The second-order valence-electron chi connectivity index (χ2n) is 6.86. The van der Waals surface area contributed by atoms with Gasteiger partial charge in [0.1, 0.15) is 0 Å². The molecular weight excluding hydrogens is 292 g/mol. The zero-order valence-electron chi connectivity index (χ0n) is 12.1. The van der Waals surface area contributed by atoms with Crippen LogP contribution in [0.3, 0.4) is 0 Å². The lowest BCUT2D eigenvalue weighted by Gasteiger charge is -2.37. The lowest BCUT2D eigenvalue weighted by Crippen LogP contribution is -2.44. The Hall–Kier alpha value is -1.53. The first kappa shape index (κ1) is 14.4. The fourth-order valence-electron chi connectivity index (χ4n) is 4.78. The molecule has 2 aliphatic carbocycles. The van der Waals surface area contributed by atoms with Gasteiger partial charge in [0.05, 0.1) is 17.5 Å². The van der Waals surface area contributed by atoms with Gasteiger partial charge in [-0.2, -0.15) is 0 Å². The highest BCUT2D eigenvalue weighted by Crippen LogP contribution is 2.70. The molecule has 2 saturated carbocycles. The highest BCUT2D eigenvalue weighted by Gasteiger charge is 2.72. The van der Waals surface area contributed by atoms with E-state index < -0.39 is 15.9 Å². The van der Waals surface area contributed by atoms with Crippen molar-refractivity contribution >= 4 is 15.9 Å². The van der Waals surface area contributed by atoms with Gasteiger partial charge in [0.25, 0.3) is 5.91 Å². The number of rotatable bonds is 2. The van der Waals surface area contributed by atoms with Gasteiger partial charge in [-0.3, -0.25) is 4.79 Å². The minimum Gasteiger partial charge on any atom is -0.268 e. The van der Waals surface area contributed by atoms with Gasteiger partial charge in [-0.1, -0.05) is 25.5 Å². The van der Waals surface area contributed by atoms with Crippen LogP contribution < -0.4 is 0 Å². The zero-order chi connectivity index (χ0) is 15.6. The summed E-state index contributed by atoms with van der Waals surface area (Å²) in [7, 11) is -3.68. The number of azide groups is 1. The van der Waals surface area contributed by atoms with E-state index in [0.717, 1.165) is 17.1 Å². The molecule has 0 N–H and O–H groups in total. The SMILES string of the molecule is C=C(N=[N+]=[N-])C(=O)N1[C@H]2C[C@@H]3CC[C@@]2(CS1(=O)=O)C3(C)C. The number of sulfonamides is 1. The van der Waals surface area contributed by atoms with Crippen LogP contribution in [0.1, 0.15) is 33.1 Å². The van der Waals surface area contributed by atoms with Crippen LogP contribution in [0.5, 0.6) is 0 Å². The normalized spacial score (nSPS) is 37.9. The van der Waals surface area contributed by atoms with Crippen LogP contribution in [-0.2, 0) is 14.8 Å². The molecule has 0 radical (unpaired) electrons. The molecule has 0 aromatic carbocycles. The molecule has 3 aliphatic rings. The van der Waals surface area contributed by atoms with E-state index in [2.05, 4.69) is 30.5 Å². The fraction of sp³-hybridized carbons (Fsp3) is 0.769. The Balaban J connectivity index is 2.06. The van der Waals surface area contributed by atoms with Gasteiger partial charge in [0.15, 0.2) is 0 Å². The van der Waals surface area contributed by atoms with E-state index >= 15 is 0 Å². The van der Waals surface area contributed by atoms with E-state index in [1.54, 1.807) is 0 Å². The van der Waals surface area contributed by atoms with E-state index in [1.807, 2.05) is 0 Å². The quantitative estimate of drug-likeness (QED) is 0.338. The minimum absolute atomic E-state index is 0.00343. The number of hydrogen-bond donors (Lipinski definition) is 0. The van der Waals surface area contributed by atoms with Crippen LogP contribution in [0, 0.1) is 16.7 Å². The number of carbonyl (C=O) groups is 1. The largest absolute Gasteiger partial charge is 0.269 e. The second kappa shape index (κ2) is 4.01. The van der Waals surface area contributed by atoms with Gasteiger partial charge in [0.2, 0.25) is 10.0 Å². The molecule has 1 aliphatic heterocycles. The summed E-state index contributed by atoms with van der Waals surface area (Å²) in [4.78, 5) is 14.9. The summed E-state index contributed by atoms with van der Waals surface area (Å²) in [6.07, 6.45) is 2.53. The first-order valence-corrected chi connectivity index (χ1v) is 8.59. The lowest BCUT2D eigenvalue weighted by atomic mass is 9.69. The van der Waals surface area contributed by atoms with Crippen LogP contribution in [0.15, 0.2) is 17.4 Å². The molecule has 21 heavy (non-hydrogen) atoms. The zero-order valence-corrected chi connectivity index (χ0v) is 12.9. The minimum atomic E-state index is -3.68. The first-order chi connectivity index (χ1) is 9.67. The number of hydrogen-bond acceptors (Lipinski definition) is 4. The number of amides is 1. The maximum absolute atomic E-state index is 12.5. The predicted molar refractivity (Wildman–Crippen MR) is 76.3 cm³/mol. The molecule has 8 heteroatoms. The molecular formula is C13H18N4O3S. The van der Waals surface area contributed by atoms with Gasteiger partial charge >= 0.3 is 0 Å². The van der Waals surface area contributed by atoms with Crippen LogP contribution in [0.4, 0.5) is 0 Å². The highest BCUT2D eigenvalue weighted by atomic mass is 32.2. The summed E-state index contributed by atoms with van der Waals surface area (Å²) in [6.45, 7) is 7.60. The van der Waals surface area contributed by atoms with Crippen molar-refractivity contribution < 1.29 is 13.2 Å². The van der Waals surface area contributed by atoms with Crippen molar-refractivity contribution in [3.8, 4) is 0 Å². The standard InChI is InChI=1S/C13H18N4O3S/c1-8(15-16-14)11(18)17-10-6-9-4-5-13(10,12(9,2)3)7-21(17,19)20/h9-10H,1,4-7H2,2-3H3/t9-,10-,13-/m0/s1. The molecule has 0 aromatic rings. The van der Waals surface area contributed by atoms with Crippen molar-refractivity contribution in [3.63, 3.8) is 0 Å².